The number of carbonyl (C=O) groups excluding carboxylic acids is 1. The molecule has 25 heavy (non-hydrogen) atoms. The van der Waals surface area contributed by atoms with Gasteiger partial charge in [-0.2, -0.15) is 5.26 Å². The van der Waals surface area contributed by atoms with Gasteiger partial charge in [0.2, 0.25) is 0 Å². The van der Waals surface area contributed by atoms with E-state index in [0.717, 1.165) is 0 Å². The SMILES string of the molecule is N#Cc1ccc(Oc2ccc(C(=O)Nc3cccc(Cl)c3)cc2)cc1. The molecule has 3 aromatic carbocycles. The third kappa shape index (κ3) is 4.37. The predicted molar refractivity (Wildman–Crippen MR) is 97.1 cm³/mol. The van der Waals surface area contributed by atoms with Crippen LogP contribution in [0.3, 0.4) is 0 Å². The smallest absolute Gasteiger partial charge is 0.255 e. The maximum atomic E-state index is 12.2. The lowest BCUT2D eigenvalue weighted by Crippen LogP contribution is -2.11. The Balaban J connectivity index is 1.66. The van der Waals surface area contributed by atoms with E-state index in [2.05, 4.69) is 11.4 Å². The average Bonchev–Trinajstić information content (AvgIpc) is 2.63. The third-order valence-electron chi connectivity index (χ3n) is 3.42. The van der Waals surface area contributed by atoms with Crippen LogP contribution in [0.1, 0.15) is 15.9 Å². The molecule has 0 aromatic heterocycles. The van der Waals surface area contributed by atoms with Crippen molar-refractivity contribution in [2.75, 3.05) is 5.32 Å². The van der Waals surface area contributed by atoms with Gasteiger partial charge in [0.25, 0.3) is 5.91 Å². The number of nitrogens with zero attached hydrogens (tertiary/aromatic N) is 1. The molecule has 0 heterocycles. The van der Waals surface area contributed by atoms with Gasteiger partial charge in [-0.05, 0) is 66.7 Å². The van der Waals surface area contributed by atoms with Crippen LogP contribution in [0.2, 0.25) is 5.02 Å². The van der Waals surface area contributed by atoms with Crippen molar-refractivity contribution in [1.82, 2.24) is 0 Å². The summed E-state index contributed by atoms with van der Waals surface area (Å²) in [5, 5.41) is 12.1. The van der Waals surface area contributed by atoms with Crippen LogP contribution in [0.25, 0.3) is 0 Å². The molecule has 3 aromatic rings. The second-order valence-electron chi connectivity index (χ2n) is 5.23. The number of halogens is 1. The summed E-state index contributed by atoms with van der Waals surface area (Å²) < 4.78 is 5.69. The Hall–Kier alpha value is -3.29. The van der Waals surface area contributed by atoms with Crippen molar-refractivity contribution in [3.05, 3.63) is 88.9 Å². The van der Waals surface area contributed by atoms with Crippen molar-refractivity contribution < 1.29 is 9.53 Å². The highest BCUT2D eigenvalue weighted by Crippen LogP contribution is 2.22. The summed E-state index contributed by atoms with van der Waals surface area (Å²) in [6.45, 7) is 0. The molecule has 1 N–H and O–H groups in total. The summed E-state index contributed by atoms with van der Waals surface area (Å²) in [7, 11) is 0. The summed E-state index contributed by atoms with van der Waals surface area (Å²) in [6, 6.07) is 22.6. The van der Waals surface area contributed by atoms with Crippen LogP contribution in [0, 0.1) is 11.3 Å². The molecule has 4 nitrogen and oxygen atoms in total. The molecule has 0 spiro atoms. The molecular formula is C20H13ClN2O2. The molecule has 0 aliphatic rings. The van der Waals surface area contributed by atoms with Crippen LogP contribution in [0.15, 0.2) is 72.8 Å². The number of rotatable bonds is 4. The minimum absolute atomic E-state index is 0.229. The minimum atomic E-state index is -0.229. The predicted octanol–water partition coefficient (Wildman–Crippen LogP) is 5.26. The number of hydrogen-bond donors (Lipinski definition) is 1. The van der Waals surface area contributed by atoms with E-state index in [-0.39, 0.29) is 5.91 Å². The van der Waals surface area contributed by atoms with Gasteiger partial charge < -0.3 is 10.1 Å². The van der Waals surface area contributed by atoms with Gasteiger partial charge in [-0.3, -0.25) is 4.79 Å². The summed E-state index contributed by atoms with van der Waals surface area (Å²) in [5.74, 6) is 0.992. The number of amides is 1. The zero-order valence-corrected chi connectivity index (χ0v) is 13.8. The van der Waals surface area contributed by atoms with Gasteiger partial charge in [0, 0.05) is 16.3 Å². The zero-order valence-electron chi connectivity index (χ0n) is 13.1. The first kappa shape index (κ1) is 16.6. The lowest BCUT2D eigenvalue weighted by Gasteiger charge is -2.08. The van der Waals surface area contributed by atoms with Crippen LogP contribution >= 0.6 is 11.6 Å². The van der Waals surface area contributed by atoms with Gasteiger partial charge >= 0.3 is 0 Å². The summed E-state index contributed by atoms with van der Waals surface area (Å²) >= 11 is 5.91. The second-order valence-corrected chi connectivity index (χ2v) is 5.66. The van der Waals surface area contributed by atoms with Crippen LogP contribution in [0.4, 0.5) is 5.69 Å². The number of nitriles is 1. The number of benzene rings is 3. The molecule has 5 heteroatoms. The van der Waals surface area contributed by atoms with Gasteiger partial charge in [0.1, 0.15) is 11.5 Å². The van der Waals surface area contributed by atoms with E-state index in [1.54, 1.807) is 72.8 Å². The van der Waals surface area contributed by atoms with Crippen molar-refractivity contribution in [1.29, 1.82) is 5.26 Å². The van der Waals surface area contributed by atoms with Gasteiger partial charge in [0.05, 0.1) is 11.6 Å². The molecule has 0 atom stereocenters. The van der Waals surface area contributed by atoms with E-state index >= 15 is 0 Å². The highest BCUT2D eigenvalue weighted by molar-refractivity contribution is 6.30. The highest BCUT2D eigenvalue weighted by Gasteiger charge is 2.07. The van der Waals surface area contributed by atoms with Crippen molar-refractivity contribution in [2.24, 2.45) is 0 Å². The maximum absolute atomic E-state index is 12.2. The molecule has 122 valence electrons. The number of anilines is 1. The Bertz CT molecular complexity index is 929. The largest absolute Gasteiger partial charge is 0.457 e. The molecule has 0 unspecified atom stereocenters. The molecule has 1 amide bonds. The Morgan fingerprint density at radius 2 is 1.60 bits per heavy atom. The quantitative estimate of drug-likeness (QED) is 0.699. The van der Waals surface area contributed by atoms with Crippen LogP contribution in [-0.2, 0) is 0 Å². The Morgan fingerprint density at radius 3 is 2.20 bits per heavy atom. The molecule has 0 radical (unpaired) electrons. The van der Waals surface area contributed by atoms with Crippen molar-refractivity contribution >= 4 is 23.2 Å². The standard InChI is InChI=1S/C20H13ClN2O2/c21-16-2-1-3-17(12-16)23-20(24)15-6-10-19(11-7-15)25-18-8-4-14(13-22)5-9-18/h1-12H,(H,23,24). The van der Waals surface area contributed by atoms with Gasteiger partial charge in [0.15, 0.2) is 0 Å². The van der Waals surface area contributed by atoms with E-state index in [1.165, 1.54) is 0 Å². The topological polar surface area (TPSA) is 62.1 Å². The summed E-state index contributed by atoms with van der Waals surface area (Å²) in [4.78, 5) is 12.2. The molecule has 0 aliphatic heterocycles. The second kappa shape index (κ2) is 7.52. The number of nitrogens with one attached hydrogen (secondary N) is 1. The molecule has 3 rings (SSSR count). The van der Waals surface area contributed by atoms with Gasteiger partial charge in [-0.25, -0.2) is 0 Å². The monoisotopic (exact) mass is 348 g/mol. The average molecular weight is 349 g/mol. The van der Waals surface area contributed by atoms with E-state index in [4.69, 9.17) is 21.6 Å². The van der Waals surface area contributed by atoms with Crippen molar-refractivity contribution in [3.8, 4) is 17.6 Å². The first-order valence-electron chi connectivity index (χ1n) is 7.49. The van der Waals surface area contributed by atoms with E-state index in [9.17, 15) is 4.79 Å². The Kier molecular flexibility index (Phi) is 4.98. The van der Waals surface area contributed by atoms with Crippen molar-refractivity contribution in [2.45, 2.75) is 0 Å². The summed E-state index contributed by atoms with van der Waals surface area (Å²) in [5.41, 5.74) is 1.71. The normalized spacial score (nSPS) is 9.92. The Morgan fingerprint density at radius 1 is 0.960 bits per heavy atom. The Labute approximate surface area is 150 Å². The highest BCUT2D eigenvalue weighted by atomic mass is 35.5. The molecule has 0 aliphatic carbocycles. The minimum Gasteiger partial charge on any atom is -0.457 e. The molecule has 0 bridgehead atoms. The molecule has 0 saturated carbocycles. The van der Waals surface area contributed by atoms with Crippen LogP contribution in [-0.4, -0.2) is 5.91 Å². The van der Waals surface area contributed by atoms with Crippen LogP contribution < -0.4 is 10.1 Å². The first-order valence-corrected chi connectivity index (χ1v) is 7.87. The van der Waals surface area contributed by atoms with Gasteiger partial charge in [-0.15, -0.1) is 0 Å². The van der Waals surface area contributed by atoms with E-state index in [1.807, 2.05) is 0 Å². The number of hydrogen-bond acceptors (Lipinski definition) is 3. The van der Waals surface area contributed by atoms with E-state index in [0.29, 0.717) is 33.3 Å². The number of carbonyl (C=O) groups is 1. The molecular weight excluding hydrogens is 336 g/mol. The fraction of sp³-hybridized carbons (Fsp3) is 0. The zero-order chi connectivity index (χ0) is 17.6. The summed E-state index contributed by atoms with van der Waals surface area (Å²) in [6.07, 6.45) is 0. The van der Waals surface area contributed by atoms with E-state index < -0.39 is 0 Å². The lowest BCUT2D eigenvalue weighted by atomic mass is 10.2. The maximum Gasteiger partial charge on any atom is 0.255 e. The van der Waals surface area contributed by atoms with Gasteiger partial charge in [-0.1, -0.05) is 17.7 Å². The fourth-order valence-corrected chi connectivity index (χ4v) is 2.37. The van der Waals surface area contributed by atoms with Crippen LogP contribution in [0.5, 0.6) is 11.5 Å². The first-order chi connectivity index (χ1) is 12.1. The molecule has 0 saturated heterocycles. The fourth-order valence-electron chi connectivity index (χ4n) is 2.18. The molecule has 0 fully saturated rings. The lowest BCUT2D eigenvalue weighted by molar-refractivity contribution is 0.102. The van der Waals surface area contributed by atoms with Crippen molar-refractivity contribution in [3.63, 3.8) is 0 Å². The number of ether oxygens (including phenoxy) is 1. The third-order valence-corrected chi connectivity index (χ3v) is 3.65.